The lowest BCUT2D eigenvalue weighted by molar-refractivity contribution is -0.116. The van der Waals surface area contributed by atoms with Crippen LogP contribution in [0.4, 0.5) is 5.82 Å². The van der Waals surface area contributed by atoms with Gasteiger partial charge < -0.3 is 9.84 Å². The molecule has 0 aromatic carbocycles. The second kappa shape index (κ2) is 6.44. The fraction of sp³-hybridized carbons (Fsp3) is 0.412. The van der Waals surface area contributed by atoms with Crippen molar-refractivity contribution in [2.24, 2.45) is 0 Å². The molecule has 1 aliphatic carbocycles. The molecule has 0 saturated carbocycles. The monoisotopic (exact) mass is 358 g/mol. The van der Waals surface area contributed by atoms with E-state index in [0.29, 0.717) is 11.6 Å². The Morgan fingerprint density at radius 2 is 2.24 bits per heavy atom. The molecule has 3 heterocycles. The first kappa shape index (κ1) is 16.0. The second-order valence-corrected chi connectivity index (χ2v) is 7.34. The molecule has 0 saturated heterocycles. The van der Waals surface area contributed by atoms with Crippen LogP contribution in [0.3, 0.4) is 0 Å². The highest BCUT2D eigenvalue weighted by Crippen LogP contribution is 2.33. The number of carbonyl (C=O) groups is 1. The lowest BCUT2D eigenvalue weighted by Gasteiger charge is -2.10. The molecule has 1 amide bonds. The molecule has 0 spiro atoms. The molecule has 130 valence electrons. The summed E-state index contributed by atoms with van der Waals surface area (Å²) in [5.74, 6) is 0.798. The molecule has 0 bridgehead atoms. The number of amides is 1. The maximum atomic E-state index is 12.8. The Balaban J connectivity index is 1.52. The van der Waals surface area contributed by atoms with Crippen molar-refractivity contribution in [2.75, 3.05) is 5.32 Å². The lowest BCUT2D eigenvalue weighted by atomic mass is 9.97. The summed E-state index contributed by atoms with van der Waals surface area (Å²) in [4.78, 5) is 31.4. The van der Waals surface area contributed by atoms with Crippen molar-refractivity contribution in [3.05, 3.63) is 38.9 Å². The summed E-state index contributed by atoms with van der Waals surface area (Å²) in [6, 6.07) is 1.65. The van der Waals surface area contributed by atoms with Crippen molar-refractivity contribution in [3.63, 3.8) is 0 Å². The third-order valence-corrected chi connectivity index (χ3v) is 5.62. The molecule has 0 fully saturated rings. The number of aromatic nitrogens is 3. The van der Waals surface area contributed by atoms with Gasteiger partial charge in [-0.2, -0.15) is 0 Å². The van der Waals surface area contributed by atoms with Crippen LogP contribution in [-0.2, 0) is 24.2 Å². The molecule has 0 unspecified atom stereocenters. The Morgan fingerprint density at radius 3 is 3.04 bits per heavy atom. The van der Waals surface area contributed by atoms with Crippen LogP contribution >= 0.6 is 11.3 Å². The predicted molar refractivity (Wildman–Crippen MR) is 95.0 cm³/mol. The summed E-state index contributed by atoms with van der Waals surface area (Å²) in [5.41, 5.74) is 1.12. The van der Waals surface area contributed by atoms with E-state index in [9.17, 15) is 9.59 Å². The van der Waals surface area contributed by atoms with E-state index in [1.807, 2.05) is 0 Å². The molecular weight excluding hydrogens is 340 g/mol. The summed E-state index contributed by atoms with van der Waals surface area (Å²) in [5, 5.41) is 7.13. The number of hydrogen-bond acceptors (Lipinski definition) is 6. The van der Waals surface area contributed by atoms with E-state index in [4.69, 9.17) is 4.52 Å². The first-order chi connectivity index (χ1) is 12.1. The van der Waals surface area contributed by atoms with Gasteiger partial charge in [-0.1, -0.05) is 5.16 Å². The number of thiophene rings is 1. The fourth-order valence-electron chi connectivity index (χ4n) is 3.19. The number of rotatable bonds is 4. The largest absolute Gasteiger partial charge is 0.360 e. The average Bonchev–Trinajstić information content (AvgIpc) is 3.17. The van der Waals surface area contributed by atoms with Gasteiger partial charge in [-0.15, -0.1) is 11.3 Å². The van der Waals surface area contributed by atoms with Crippen LogP contribution in [0.1, 0.15) is 35.5 Å². The number of hydrogen-bond donors (Lipinski definition) is 1. The zero-order valence-corrected chi connectivity index (χ0v) is 14.7. The van der Waals surface area contributed by atoms with E-state index >= 15 is 0 Å². The van der Waals surface area contributed by atoms with E-state index in [1.165, 1.54) is 21.4 Å². The molecule has 0 aliphatic heterocycles. The summed E-state index contributed by atoms with van der Waals surface area (Å²) < 4.78 is 6.44. The molecule has 8 heteroatoms. The predicted octanol–water partition coefficient (Wildman–Crippen LogP) is 2.66. The van der Waals surface area contributed by atoms with E-state index < -0.39 is 0 Å². The molecule has 1 N–H and O–H groups in total. The van der Waals surface area contributed by atoms with Gasteiger partial charge in [0.25, 0.3) is 5.56 Å². The first-order valence-corrected chi connectivity index (χ1v) is 9.16. The van der Waals surface area contributed by atoms with Crippen LogP contribution in [-0.4, -0.2) is 20.6 Å². The third kappa shape index (κ3) is 3.09. The maximum absolute atomic E-state index is 12.8. The van der Waals surface area contributed by atoms with E-state index in [-0.39, 0.29) is 24.4 Å². The topological polar surface area (TPSA) is 90.0 Å². The Hall–Kier alpha value is -2.48. The average molecular weight is 358 g/mol. The SMILES string of the molecule is Cc1cc(NC(=O)CCn2cnc3sc4c(c3c2=O)CCCC4)no1. The molecule has 7 nitrogen and oxygen atoms in total. The van der Waals surface area contributed by atoms with Crippen LogP contribution in [0.2, 0.25) is 0 Å². The lowest BCUT2D eigenvalue weighted by Crippen LogP contribution is -2.24. The van der Waals surface area contributed by atoms with E-state index in [1.54, 1.807) is 30.7 Å². The molecular formula is C17H18N4O3S. The Kier molecular flexibility index (Phi) is 4.12. The van der Waals surface area contributed by atoms with Crippen molar-refractivity contribution in [1.29, 1.82) is 0 Å². The van der Waals surface area contributed by atoms with Crippen LogP contribution in [0.25, 0.3) is 10.2 Å². The highest BCUT2D eigenvalue weighted by molar-refractivity contribution is 7.18. The Labute approximate surface area is 147 Å². The minimum atomic E-state index is -0.215. The van der Waals surface area contributed by atoms with Crippen LogP contribution < -0.4 is 10.9 Å². The number of aryl methyl sites for hydroxylation is 4. The third-order valence-electron chi connectivity index (χ3n) is 4.42. The first-order valence-electron chi connectivity index (χ1n) is 8.34. The minimum absolute atomic E-state index is 0.0468. The Morgan fingerprint density at radius 1 is 1.40 bits per heavy atom. The molecule has 1 aliphatic rings. The minimum Gasteiger partial charge on any atom is -0.360 e. The van der Waals surface area contributed by atoms with Gasteiger partial charge in [0.15, 0.2) is 5.82 Å². The van der Waals surface area contributed by atoms with E-state index in [0.717, 1.165) is 29.5 Å². The van der Waals surface area contributed by atoms with Gasteiger partial charge in [0, 0.05) is 23.9 Å². The van der Waals surface area contributed by atoms with Gasteiger partial charge in [-0.05, 0) is 38.2 Å². The molecule has 3 aromatic rings. The van der Waals surface area contributed by atoms with Gasteiger partial charge in [-0.3, -0.25) is 14.2 Å². The van der Waals surface area contributed by atoms with Crippen molar-refractivity contribution >= 4 is 33.3 Å². The van der Waals surface area contributed by atoms with Crippen molar-refractivity contribution in [2.45, 2.75) is 45.6 Å². The molecule has 25 heavy (non-hydrogen) atoms. The molecule has 0 atom stereocenters. The number of nitrogens with zero attached hydrogens (tertiary/aromatic N) is 3. The van der Waals surface area contributed by atoms with E-state index in [2.05, 4.69) is 15.5 Å². The number of fused-ring (bicyclic) bond motifs is 3. The molecule has 3 aromatic heterocycles. The highest BCUT2D eigenvalue weighted by atomic mass is 32.1. The highest BCUT2D eigenvalue weighted by Gasteiger charge is 2.20. The quantitative estimate of drug-likeness (QED) is 0.774. The van der Waals surface area contributed by atoms with Gasteiger partial charge in [-0.25, -0.2) is 4.98 Å². The summed E-state index contributed by atoms with van der Waals surface area (Å²) >= 11 is 1.63. The fourth-order valence-corrected chi connectivity index (χ4v) is 4.41. The van der Waals surface area contributed by atoms with Crippen LogP contribution in [0.5, 0.6) is 0 Å². The Bertz CT molecular complexity index is 1000. The zero-order chi connectivity index (χ0) is 17.4. The van der Waals surface area contributed by atoms with Gasteiger partial charge in [0.2, 0.25) is 5.91 Å². The smallest absolute Gasteiger partial charge is 0.262 e. The van der Waals surface area contributed by atoms with Crippen LogP contribution in [0.15, 0.2) is 21.7 Å². The van der Waals surface area contributed by atoms with Crippen LogP contribution in [0, 0.1) is 6.92 Å². The van der Waals surface area contributed by atoms with Gasteiger partial charge >= 0.3 is 0 Å². The normalized spacial score (nSPS) is 13.8. The summed E-state index contributed by atoms with van der Waals surface area (Å²) in [7, 11) is 0. The number of carbonyl (C=O) groups excluding carboxylic acids is 1. The second-order valence-electron chi connectivity index (χ2n) is 6.26. The number of nitrogens with one attached hydrogen (secondary N) is 1. The van der Waals surface area contributed by atoms with Crippen molar-refractivity contribution < 1.29 is 9.32 Å². The zero-order valence-electron chi connectivity index (χ0n) is 13.9. The van der Waals surface area contributed by atoms with Gasteiger partial charge in [0.1, 0.15) is 10.6 Å². The number of anilines is 1. The summed E-state index contributed by atoms with van der Waals surface area (Å²) in [6.45, 7) is 2.04. The van der Waals surface area contributed by atoms with Crippen molar-refractivity contribution in [3.8, 4) is 0 Å². The van der Waals surface area contributed by atoms with Crippen molar-refractivity contribution in [1.82, 2.24) is 14.7 Å². The summed E-state index contributed by atoms with van der Waals surface area (Å²) in [6.07, 6.45) is 5.99. The maximum Gasteiger partial charge on any atom is 0.262 e. The standard InChI is InChI=1S/C17H18N4O3S/c1-10-8-13(20-24-10)19-14(22)6-7-21-9-18-16-15(17(21)23)11-4-2-3-5-12(11)25-16/h8-9H,2-7H2,1H3,(H,19,20,22). The van der Waals surface area contributed by atoms with Gasteiger partial charge in [0.05, 0.1) is 11.7 Å². The molecule has 4 rings (SSSR count). The molecule has 0 radical (unpaired) electrons.